The smallest absolute Gasteiger partial charge is 0.327 e. The van der Waals surface area contributed by atoms with E-state index in [0.717, 1.165) is 4.90 Å². The Labute approximate surface area is 136 Å². The number of hydrogen-bond acceptors (Lipinski definition) is 4. The van der Waals surface area contributed by atoms with Crippen molar-refractivity contribution in [3.63, 3.8) is 0 Å². The Hall–Kier alpha value is -2.45. The first-order chi connectivity index (χ1) is 11.5. The van der Waals surface area contributed by atoms with Crippen molar-refractivity contribution in [2.24, 2.45) is 0 Å². The van der Waals surface area contributed by atoms with E-state index in [0.29, 0.717) is 25.1 Å². The minimum absolute atomic E-state index is 0.0593. The third kappa shape index (κ3) is 3.39. The summed E-state index contributed by atoms with van der Waals surface area (Å²) in [5, 5.41) is 3.91. The fourth-order valence-corrected chi connectivity index (χ4v) is 2.86. The molecule has 1 aliphatic rings. The number of aromatic nitrogens is 4. The quantitative estimate of drug-likeness (QED) is 0.844. The number of nitrogens with zero attached hydrogens (tertiary/aromatic N) is 5. The van der Waals surface area contributed by atoms with Crippen molar-refractivity contribution in [2.45, 2.75) is 37.9 Å². The lowest BCUT2D eigenvalue weighted by Gasteiger charge is -2.31. The van der Waals surface area contributed by atoms with E-state index in [2.05, 4.69) is 15.1 Å². The van der Waals surface area contributed by atoms with Gasteiger partial charge in [-0.1, -0.05) is 12.8 Å². The molecular weight excluding hydrogens is 323 g/mol. The predicted octanol–water partition coefficient (Wildman–Crippen LogP) is 2.61. The first-order valence-electron chi connectivity index (χ1n) is 7.65. The van der Waals surface area contributed by atoms with Crippen molar-refractivity contribution in [1.82, 2.24) is 24.6 Å². The first-order valence-corrected chi connectivity index (χ1v) is 7.65. The lowest BCUT2D eigenvalue weighted by molar-refractivity contribution is -0.177. The number of hydrogen-bond donors (Lipinski definition) is 0. The minimum Gasteiger partial charge on any atom is -0.327 e. The summed E-state index contributed by atoms with van der Waals surface area (Å²) in [4.78, 5) is 21.5. The number of carbonyl (C=O) groups is 1. The predicted molar refractivity (Wildman–Crippen MR) is 78.5 cm³/mol. The maximum Gasteiger partial charge on any atom is 0.408 e. The fraction of sp³-hybridized carbons (Fsp3) is 0.467. The molecule has 0 bridgehead atoms. The molecule has 2 aromatic rings. The van der Waals surface area contributed by atoms with E-state index in [1.807, 2.05) is 0 Å². The molecule has 0 aromatic carbocycles. The summed E-state index contributed by atoms with van der Waals surface area (Å²) in [6.07, 6.45) is 1.33. The fourth-order valence-electron chi connectivity index (χ4n) is 2.86. The largest absolute Gasteiger partial charge is 0.408 e. The monoisotopic (exact) mass is 339 g/mol. The van der Waals surface area contributed by atoms with Crippen LogP contribution in [0.5, 0.6) is 0 Å². The van der Waals surface area contributed by atoms with Crippen LogP contribution in [0.3, 0.4) is 0 Å². The zero-order chi connectivity index (χ0) is 17.2. The molecule has 3 heterocycles. The Bertz CT molecular complexity index is 701. The molecular formula is C15H16F3N5O. The van der Waals surface area contributed by atoms with E-state index in [-0.39, 0.29) is 18.5 Å². The van der Waals surface area contributed by atoms with Crippen LogP contribution in [-0.4, -0.2) is 49.3 Å². The SMILES string of the molecule is O=C(c1ccnc(-n2cncn2)c1)N1CCCCCC1C(F)(F)F. The third-order valence-corrected chi connectivity index (χ3v) is 4.04. The van der Waals surface area contributed by atoms with Crippen LogP contribution in [0.2, 0.25) is 0 Å². The number of carbonyl (C=O) groups excluding carboxylic acids is 1. The van der Waals surface area contributed by atoms with Crippen LogP contribution in [-0.2, 0) is 0 Å². The molecule has 1 aliphatic heterocycles. The zero-order valence-corrected chi connectivity index (χ0v) is 12.8. The summed E-state index contributed by atoms with van der Waals surface area (Å²) in [6.45, 7) is 0.101. The number of rotatable bonds is 2. The molecule has 24 heavy (non-hydrogen) atoms. The third-order valence-electron chi connectivity index (χ3n) is 4.04. The Morgan fingerprint density at radius 1 is 1.25 bits per heavy atom. The lowest BCUT2D eigenvalue weighted by Crippen LogP contribution is -2.48. The highest BCUT2D eigenvalue weighted by atomic mass is 19.4. The minimum atomic E-state index is -4.43. The maximum atomic E-state index is 13.3. The van der Waals surface area contributed by atoms with Gasteiger partial charge in [0, 0.05) is 18.3 Å². The molecule has 2 aromatic heterocycles. The van der Waals surface area contributed by atoms with Crippen molar-refractivity contribution < 1.29 is 18.0 Å². The van der Waals surface area contributed by atoms with Crippen LogP contribution in [0.25, 0.3) is 5.82 Å². The van der Waals surface area contributed by atoms with Gasteiger partial charge >= 0.3 is 6.18 Å². The molecule has 0 N–H and O–H groups in total. The first kappa shape index (κ1) is 16.4. The summed E-state index contributed by atoms with van der Waals surface area (Å²) < 4.78 is 41.3. The van der Waals surface area contributed by atoms with Crippen LogP contribution in [0.4, 0.5) is 13.2 Å². The van der Waals surface area contributed by atoms with Gasteiger partial charge in [0.15, 0.2) is 5.82 Å². The average Bonchev–Trinajstić information content (AvgIpc) is 2.97. The molecule has 1 amide bonds. The zero-order valence-electron chi connectivity index (χ0n) is 12.8. The lowest BCUT2D eigenvalue weighted by atomic mass is 10.1. The van der Waals surface area contributed by atoms with E-state index in [1.165, 1.54) is 35.7 Å². The molecule has 0 saturated carbocycles. The number of likely N-dealkylation sites (tertiary alicyclic amines) is 1. The van der Waals surface area contributed by atoms with E-state index in [1.54, 1.807) is 0 Å². The summed E-state index contributed by atoms with van der Waals surface area (Å²) in [7, 11) is 0. The van der Waals surface area contributed by atoms with E-state index in [4.69, 9.17) is 0 Å². The number of alkyl halides is 3. The Morgan fingerprint density at radius 3 is 2.79 bits per heavy atom. The molecule has 0 radical (unpaired) electrons. The van der Waals surface area contributed by atoms with Crippen molar-refractivity contribution in [1.29, 1.82) is 0 Å². The second-order valence-electron chi connectivity index (χ2n) is 5.65. The standard InChI is InChI=1S/C15H16F3N5O/c16-15(17,18)12-4-2-1-3-7-22(12)14(24)11-5-6-20-13(8-11)23-10-19-9-21-23/h5-6,8-10,12H,1-4,7H2. The van der Waals surface area contributed by atoms with Gasteiger partial charge in [0.1, 0.15) is 18.7 Å². The second kappa shape index (κ2) is 6.58. The highest BCUT2D eigenvalue weighted by Crippen LogP contribution is 2.32. The van der Waals surface area contributed by atoms with Gasteiger partial charge in [-0.3, -0.25) is 4.79 Å². The Kier molecular flexibility index (Phi) is 4.50. The normalized spacial score (nSPS) is 19.1. The van der Waals surface area contributed by atoms with Crippen molar-refractivity contribution >= 4 is 5.91 Å². The maximum absolute atomic E-state index is 13.3. The summed E-state index contributed by atoms with van der Waals surface area (Å²) in [6, 6.07) is 1.10. The summed E-state index contributed by atoms with van der Waals surface area (Å²) in [5.41, 5.74) is 0.159. The van der Waals surface area contributed by atoms with Crippen LogP contribution >= 0.6 is 0 Å². The molecule has 9 heteroatoms. The molecule has 1 fully saturated rings. The van der Waals surface area contributed by atoms with E-state index in [9.17, 15) is 18.0 Å². The average molecular weight is 339 g/mol. The van der Waals surface area contributed by atoms with E-state index >= 15 is 0 Å². The molecule has 1 saturated heterocycles. The van der Waals surface area contributed by atoms with Gasteiger partial charge in [0.25, 0.3) is 5.91 Å². The van der Waals surface area contributed by atoms with Crippen LogP contribution in [0.1, 0.15) is 36.0 Å². The summed E-state index contributed by atoms with van der Waals surface area (Å²) in [5.74, 6) is -0.306. The second-order valence-corrected chi connectivity index (χ2v) is 5.65. The molecule has 0 aliphatic carbocycles. The van der Waals surface area contributed by atoms with Gasteiger partial charge in [0.2, 0.25) is 0 Å². The van der Waals surface area contributed by atoms with Crippen LogP contribution in [0, 0.1) is 0 Å². The van der Waals surface area contributed by atoms with Gasteiger partial charge in [-0.25, -0.2) is 14.6 Å². The molecule has 6 nitrogen and oxygen atoms in total. The van der Waals surface area contributed by atoms with Crippen molar-refractivity contribution in [3.05, 3.63) is 36.5 Å². The van der Waals surface area contributed by atoms with E-state index < -0.39 is 18.1 Å². The highest BCUT2D eigenvalue weighted by Gasteiger charge is 2.45. The molecule has 1 unspecified atom stereocenters. The topological polar surface area (TPSA) is 63.9 Å². The number of halogens is 3. The Morgan fingerprint density at radius 2 is 2.08 bits per heavy atom. The Balaban J connectivity index is 1.90. The van der Waals surface area contributed by atoms with Gasteiger partial charge in [0.05, 0.1) is 0 Å². The van der Waals surface area contributed by atoms with Crippen LogP contribution < -0.4 is 0 Å². The van der Waals surface area contributed by atoms with Gasteiger partial charge in [-0.05, 0) is 25.0 Å². The van der Waals surface area contributed by atoms with Gasteiger partial charge < -0.3 is 4.90 Å². The summed E-state index contributed by atoms with van der Waals surface area (Å²) >= 11 is 0. The highest BCUT2D eigenvalue weighted by molar-refractivity contribution is 5.94. The van der Waals surface area contributed by atoms with Crippen LogP contribution in [0.15, 0.2) is 31.0 Å². The molecule has 3 rings (SSSR count). The van der Waals surface area contributed by atoms with Gasteiger partial charge in [-0.15, -0.1) is 0 Å². The van der Waals surface area contributed by atoms with Crippen molar-refractivity contribution in [3.8, 4) is 5.82 Å². The van der Waals surface area contributed by atoms with Crippen molar-refractivity contribution in [2.75, 3.05) is 6.54 Å². The molecule has 1 atom stereocenters. The van der Waals surface area contributed by atoms with Gasteiger partial charge in [-0.2, -0.15) is 18.3 Å². The number of amides is 1. The molecule has 0 spiro atoms. The molecule has 128 valence electrons. The number of pyridine rings is 1.